The van der Waals surface area contributed by atoms with E-state index in [-0.39, 0.29) is 24.0 Å². The van der Waals surface area contributed by atoms with Crippen molar-refractivity contribution in [2.45, 2.75) is 64.5 Å². The second-order valence-corrected chi connectivity index (χ2v) is 10.0. The van der Waals surface area contributed by atoms with Crippen molar-refractivity contribution >= 4 is 28.4 Å². The number of carbonyl (C=O) groups is 2. The fourth-order valence-electron chi connectivity index (χ4n) is 5.12. The lowest BCUT2D eigenvalue weighted by Gasteiger charge is -2.43. The number of hydrogen-bond donors (Lipinski definition) is 3. The van der Waals surface area contributed by atoms with Crippen LogP contribution in [0.15, 0.2) is 48.7 Å². The molecule has 5 rings (SSSR count). The van der Waals surface area contributed by atoms with Gasteiger partial charge in [0.1, 0.15) is 5.75 Å². The van der Waals surface area contributed by atoms with Crippen LogP contribution < -0.4 is 15.4 Å². The zero-order valence-corrected chi connectivity index (χ0v) is 19.4. The lowest BCUT2D eigenvalue weighted by atomic mass is 9.66. The summed E-state index contributed by atoms with van der Waals surface area (Å²) in [7, 11) is 0. The number of fused-ring (bicyclic) bond motifs is 1. The predicted octanol–water partition coefficient (Wildman–Crippen LogP) is 5.04. The topological polar surface area (TPSA) is 83.2 Å². The lowest BCUT2D eigenvalue weighted by molar-refractivity contribution is -0.133. The second-order valence-electron chi connectivity index (χ2n) is 10.0. The van der Waals surface area contributed by atoms with Crippen LogP contribution in [0, 0.1) is 12.3 Å². The van der Waals surface area contributed by atoms with E-state index in [1.807, 2.05) is 31.3 Å². The summed E-state index contributed by atoms with van der Waals surface area (Å²) < 4.78 is 6.25. The van der Waals surface area contributed by atoms with Crippen molar-refractivity contribution in [3.05, 3.63) is 59.8 Å². The summed E-state index contributed by atoms with van der Waals surface area (Å²) in [6.45, 7) is 5.57. The number of aromatic amines is 1. The fraction of sp³-hybridized carbons (Fsp3) is 0.407. The molecule has 0 atom stereocenters. The van der Waals surface area contributed by atoms with E-state index in [0.29, 0.717) is 18.8 Å². The van der Waals surface area contributed by atoms with E-state index in [2.05, 4.69) is 46.8 Å². The van der Waals surface area contributed by atoms with E-state index in [9.17, 15) is 9.59 Å². The number of H-pyrrole nitrogens is 1. The highest BCUT2D eigenvalue weighted by atomic mass is 16.5. The first-order chi connectivity index (χ1) is 15.8. The molecule has 0 spiro atoms. The molecule has 172 valence electrons. The van der Waals surface area contributed by atoms with Crippen molar-refractivity contribution in [1.82, 2.24) is 10.3 Å². The average Bonchev–Trinajstić information content (AvgIpc) is 3.11. The molecule has 3 N–H and O–H groups in total. The Morgan fingerprint density at radius 2 is 1.82 bits per heavy atom. The van der Waals surface area contributed by atoms with Crippen molar-refractivity contribution in [2.24, 2.45) is 5.41 Å². The highest BCUT2D eigenvalue weighted by Crippen LogP contribution is 2.43. The Morgan fingerprint density at radius 1 is 1.09 bits per heavy atom. The number of anilines is 1. The van der Waals surface area contributed by atoms with Crippen molar-refractivity contribution in [1.29, 1.82) is 0 Å². The molecule has 2 aliphatic carbocycles. The third-order valence-electron chi connectivity index (χ3n) is 7.20. The third-order valence-corrected chi connectivity index (χ3v) is 7.20. The van der Waals surface area contributed by atoms with E-state index in [4.69, 9.17) is 4.74 Å². The number of benzene rings is 2. The summed E-state index contributed by atoms with van der Waals surface area (Å²) in [4.78, 5) is 27.4. The Morgan fingerprint density at radius 3 is 2.52 bits per heavy atom. The predicted molar refractivity (Wildman–Crippen MR) is 129 cm³/mol. The van der Waals surface area contributed by atoms with Gasteiger partial charge in [-0.15, -0.1) is 0 Å². The molecule has 2 amide bonds. The molecule has 6 heteroatoms. The van der Waals surface area contributed by atoms with Gasteiger partial charge in [0.05, 0.1) is 17.2 Å². The van der Waals surface area contributed by atoms with E-state index in [1.54, 1.807) is 0 Å². The molecule has 2 saturated carbocycles. The Bertz CT molecular complexity index is 1190. The zero-order valence-electron chi connectivity index (χ0n) is 19.4. The van der Waals surface area contributed by atoms with Crippen LogP contribution >= 0.6 is 0 Å². The monoisotopic (exact) mass is 445 g/mol. The fourth-order valence-corrected chi connectivity index (χ4v) is 5.12. The number of hydrogen-bond acceptors (Lipinski definition) is 3. The number of aromatic nitrogens is 1. The number of aryl methyl sites for hydroxylation is 1. The molecule has 2 aliphatic rings. The van der Waals surface area contributed by atoms with Crippen LogP contribution in [0.2, 0.25) is 0 Å². The van der Waals surface area contributed by atoms with Gasteiger partial charge in [-0.1, -0.05) is 36.8 Å². The van der Waals surface area contributed by atoms with Gasteiger partial charge in [-0.05, 0) is 62.3 Å². The quantitative estimate of drug-likeness (QED) is 0.497. The van der Waals surface area contributed by atoms with Crippen molar-refractivity contribution in [2.75, 3.05) is 5.32 Å². The van der Waals surface area contributed by atoms with E-state index in [1.165, 1.54) is 18.1 Å². The van der Waals surface area contributed by atoms with Crippen LogP contribution in [0.3, 0.4) is 0 Å². The van der Waals surface area contributed by atoms with Crippen LogP contribution in [-0.2, 0) is 9.59 Å². The molecule has 0 radical (unpaired) electrons. The summed E-state index contributed by atoms with van der Waals surface area (Å²) in [5.41, 5.74) is 3.92. The van der Waals surface area contributed by atoms with Crippen molar-refractivity contribution in [3.8, 4) is 5.75 Å². The highest BCUT2D eigenvalue weighted by molar-refractivity contribution is 6.04. The smallest absolute Gasteiger partial charge is 0.230 e. The summed E-state index contributed by atoms with van der Waals surface area (Å²) in [6.07, 6.45) is 5.39. The maximum absolute atomic E-state index is 12.9. The first-order valence-corrected chi connectivity index (χ1v) is 11.7. The summed E-state index contributed by atoms with van der Waals surface area (Å²) in [6, 6.07) is 14.8. The minimum Gasteiger partial charge on any atom is -0.490 e. The molecule has 6 nitrogen and oxygen atoms in total. The van der Waals surface area contributed by atoms with Gasteiger partial charge < -0.3 is 20.4 Å². The molecule has 2 aromatic carbocycles. The Hall–Kier alpha value is -3.28. The van der Waals surface area contributed by atoms with Gasteiger partial charge in [0.2, 0.25) is 11.8 Å². The third kappa shape index (κ3) is 4.34. The first kappa shape index (κ1) is 21.6. The molecule has 3 aromatic rings. The van der Waals surface area contributed by atoms with Crippen LogP contribution in [0.1, 0.15) is 56.6 Å². The minimum atomic E-state index is -0.470. The number of carbonyl (C=O) groups excluding carboxylic acids is 2. The van der Waals surface area contributed by atoms with Crippen LogP contribution in [0.4, 0.5) is 5.69 Å². The van der Waals surface area contributed by atoms with E-state index < -0.39 is 5.41 Å². The minimum absolute atomic E-state index is 0.0174. The second kappa shape index (κ2) is 8.25. The maximum atomic E-state index is 12.9. The summed E-state index contributed by atoms with van der Waals surface area (Å²) in [5, 5.41) is 6.91. The molecular weight excluding hydrogens is 414 g/mol. The molecule has 0 aliphatic heterocycles. The molecule has 1 aromatic heterocycles. The Balaban J connectivity index is 1.21. The van der Waals surface area contributed by atoms with Crippen LogP contribution in [-0.4, -0.2) is 28.9 Å². The van der Waals surface area contributed by atoms with Crippen LogP contribution in [0.25, 0.3) is 10.9 Å². The Kier molecular flexibility index (Phi) is 5.39. The van der Waals surface area contributed by atoms with Crippen LogP contribution in [0.5, 0.6) is 5.75 Å². The zero-order chi connectivity index (χ0) is 23.2. The van der Waals surface area contributed by atoms with E-state index >= 15 is 0 Å². The van der Waals surface area contributed by atoms with Gasteiger partial charge >= 0.3 is 0 Å². The van der Waals surface area contributed by atoms with Gasteiger partial charge in [0.15, 0.2) is 0 Å². The normalized spacial score (nSPS) is 26.2. The van der Waals surface area contributed by atoms with Gasteiger partial charge in [-0.3, -0.25) is 9.59 Å². The van der Waals surface area contributed by atoms with Crippen molar-refractivity contribution < 1.29 is 14.3 Å². The van der Waals surface area contributed by atoms with E-state index in [0.717, 1.165) is 35.2 Å². The number of ether oxygens (including phenoxy) is 1. The van der Waals surface area contributed by atoms with Gasteiger partial charge in [-0.25, -0.2) is 0 Å². The first-order valence-electron chi connectivity index (χ1n) is 11.7. The number of amides is 2. The average molecular weight is 446 g/mol. The highest BCUT2D eigenvalue weighted by Gasteiger charge is 2.46. The number of rotatable bonds is 6. The largest absolute Gasteiger partial charge is 0.490 e. The Labute approximate surface area is 194 Å². The summed E-state index contributed by atoms with van der Waals surface area (Å²) in [5.74, 6) is 1.32. The SMILES string of the molecule is CC(=O)N[C@H]1C[C@](C)(C(=O)Nc2c[nH]c3ccc(O[C@H]4C[C@@H](c5ccc(C)cc5)C4)cc23)C1. The molecule has 0 bridgehead atoms. The summed E-state index contributed by atoms with van der Waals surface area (Å²) >= 11 is 0. The molecule has 0 unspecified atom stereocenters. The number of nitrogens with one attached hydrogen (secondary N) is 3. The molecule has 1 heterocycles. The standard InChI is InChI=1S/C27H31N3O3/c1-16-4-6-18(7-5-16)19-10-22(11-19)33-21-8-9-24-23(12-21)25(15-28-24)30-26(32)27(3)13-20(14-27)29-17(2)31/h4-9,12,15,19-20,22,28H,10-11,13-14H2,1-3H3,(H,29,31)(H,30,32)/t19-,20-,22+,27-. The van der Waals surface area contributed by atoms with Gasteiger partial charge in [0.25, 0.3) is 0 Å². The maximum Gasteiger partial charge on any atom is 0.230 e. The molecule has 0 saturated heterocycles. The van der Waals surface area contributed by atoms with Gasteiger partial charge in [-0.2, -0.15) is 0 Å². The molecular formula is C27H31N3O3. The lowest BCUT2D eigenvalue weighted by Crippen LogP contribution is -2.54. The molecule has 33 heavy (non-hydrogen) atoms. The van der Waals surface area contributed by atoms with Crippen molar-refractivity contribution in [3.63, 3.8) is 0 Å². The van der Waals surface area contributed by atoms with Gasteiger partial charge in [0, 0.05) is 30.1 Å². The molecule has 2 fully saturated rings.